The zero-order valence-corrected chi connectivity index (χ0v) is 13.4. The van der Waals surface area contributed by atoms with Gasteiger partial charge in [0.05, 0.1) is 7.11 Å². The molecule has 0 radical (unpaired) electrons. The molecule has 0 saturated carbocycles. The van der Waals surface area contributed by atoms with E-state index in [4.69, 9.17) is 4.74 Å². The maximum absolute atomic E-state index is 11.9. The van der Waals surface area contributed by atoms with Crippen LogP contribution in [0.15, 0.2) is 15.9 Å². The van der Waals surface area contributed by atoms with Gasteiger partial charge < -0.3 is 10.1 Å². The molecule has 0 fully saturated rings. The van der Waals surface area contributed by atoms with E-state index in [1.807, 2.05) is 18.5 Å². The lowest BCUT2D eigenvalue weighted by molar-refractivity contribution is -0.148. The number of ether oxygens (including phenoxy) is 1. The van der Waals surface area contributed by atoms with E-state index in [1.54, 1.807) is 23.1 Å². The van der Waals surface area contributed by atoms with E-state index in [1.165, 1.54) is 7.11 Å². The van der Waals surface area contributed by atoms with Gasteiger partial charge in [-0.3, -0.25) is 4.79 Å². The molecule has 19 heavy (non-hydrogen) atoms. The van der Waals surface area contributed by atoms with Crippen LogP contribution in [-0.2, 0) is 9.53 Å². The first kappa shape index (κ1) is 16.5. The SMILES string of the molecule is CCCNC(C)(CCCSc1nccs1)C(=O)OC. The van der Waals surface area contributed by atoms with E-state index < -0.39 is 5.54 Å². The van der Waals surface area contributed by atoms with Crippen LogP contribution in [0.3, 0.4) is 0 Å². The number of thiazole rings is 1. The molecular weight excluding hydrogens is 280 g/mol. The first-order chi connectivity index (χ1) is 9.12. The molecule has 0 saturated heterocycles. The van der Waals surface area contributed by atoms with Crippen molar-refractivity contribution in [2.75, 3.05) is 19.4 Å². The summed E-state index contributed by atoms with van der Waals surface area (Å²) >= 11 is 3.39. The lowest BCUT2D eigenvalue weighted by atomic mass is 9.96. The Morgan fingerprint density at radius 2 is 2.42 bits per heavy atom. The fraction of sp³-hybridized carbons (Fsp3) is 0.692. The summed E-state index contributed by atoms with van der Waals surface area (Å²) in [5.74, 6) is 0.786. The maximum Gasteiger partial charge on any atom is 0.325 e. The number of esters is 1. The van der Waals surface area contributed by atoms with Crippen molar-refractivity contribution >= 4 is 29.1 Å². The smallest absolute Gasteiger partial charge is 0.325 e. The van der Waals surface area contributed by atoms with Crippen LogP contribution in [0, 0.1) is 0 Å². The second-order valence-electron chi connectivity index (χ2n) is 4.50. The molecule has 1 rings (SSSR count). The average Bonchev–Trinajstić information content (AvgIpc) is 2.93. The maximum atomic E-state index is 11.9. The van der Waals surface area contributed by atoms with Gasteiger partial charge in [-0.15, -0.1) is 11.3 Å². The Hall–Kier alpha value is -0.590. The molecule has 1 aromatic heterocycles. The predicted octanol–water partition coefficient (Wildman–Crippen LogP) is 2.95. The van der Waals surface area contributed by atoms with E-state index in [-0.39, 0.29) is 5.97 Å². The number of carbonyl (C=O) groups excluding carboxylic acids is 1. The van der Waals surface area contributed by atoms with Crippen molar-refractivity contribution in [1.82, 2.24) is 10.3 Å². The summed E-state index contributed by atoms with van der Waals surface area (Å²) in [6.07, 6.45) is 4.54. The minimum absolute atomic E-state index is 0.180. The first-order valence-corrected chi connectivity index (χ1v) is 8.34. The Labute approximate surface area is 123 Å². The number of rotatable bonds is 9. The van der Waals surface area contributed by atoms with E-state index in [0.29, 0.717) is 0 Å². The molecule has 1 heterocycles. The van der Waals surface area contributed by atoms with Crippen molar-refractivity contribution in [3.05, 3.63) is 11.6 Å². The molecule has 1 atom stereocenters. The minimum Gasteiger partial charge on any atom is -0.468 e. The van der Waals surface area contributed by atoms with Crippen LogP contribution in [0.5, 0.6) is 0 Å². The lowest BCUT2D eigenvalue weighted by Gasteiger charge is -2.27. The molecule has 1 unspecified atom stereocenters. The molecule has 108 valence electrons. The number of nitrogens with zero attached hydrogens (tertiary/aromatic N) is 1. The summed E-state index contributed by atoms with van der Waals surface area (Å²) in [4.78, 5) is 16.1. The van der Waals surface area contributed by atoms with E-state index in [2.05, 4.69) is 17.2 Å². The molecule has 0 aromatic carbocycles. The molecule has 0 amide bonds. The third-order valence-electron chi connectivity index (χ3n) is 2.86. The highest BCUT2D eigenvalue weighted by Crippen LogP contribution is 2.23. The molecule has 0 bridgehead atoms. The molecular formula is C13H22N2O2S2. The van der Waals surface area contributed by atoms with Crippen molar-refractivity contribution in [3.8, 4) is 0 Å². The third-order valence-corrected chi connectivity index (χ3v) is 4.91. The summed E-state index contributed by atoms with van der Waals surface area (Å²) in [5, 5.41) is 5.27. The fourth-order valence-electron chi connectivity index (χ4n) is 1.76. The van der Waals surface area contributed by atoms with Gasteiger partial charge in [0.15, 0.2) is 0 Å². The Morgan fingerprint density at radius 1 is 1.63 bits per heavy atom. The van der Waals surface area contributed by atoms with Gasteiger partial charge in [-0.2, -0.15) is 0 Å². The molecule has 0 aliphatic carbocycles. The van der Waals surface area contributed by atoms with Crippen molar-refractivity contribution in [3.63, 3.8) is 0 Å². The topological polar surface area (TPSA) is 51.2 Å². The third kappa shape index (κ3) is 5.50. The Morgan fingerprint density at radius 3 is 3.00 bits per heavy atom. The Balaban J connectivity index is 2.37. The highest BCUT2D eigenvalue weighted by molar-refractivity contribution is 8.00. The number of carbonyl (C=O) groups is 1. The lowest BCUT2D eigenvalue weighted by Crippen LogP contribution is -2.50. The molecule has 0 spiro atoms. The highest BCUT2D eigenvalue weighted by Gasteiger charge is 2.32. The van der Waals surface area contributed by atoms with Gasteiger partial charge in [0.2, 0.25) is 0 Å². The van der Waals surface area contributed by atoms with Gasteiger partial charge in [-0.1, -0.05) is 18.7 Å². The average molecular weight is 302 g/mol. The quantitative estimate of drug-likeness (QED) is 0.432. The van der Waals surface area contributed by atoms with Crippen molar-refractivity contribution in [2.24, 2.45) is 0 Å². The van der Waals surface area contributed by atoms with Gasteiger partial charge in [0.1, 0.15) is 9.88 Å². The summed E-state index contributed by atoms with van der Waals surface area (Å²) < 4.78 is 5.98. The van der Waals surface area contributed by atoms with Gasteiger partial charge in [0, 0.05) is 17.3 Å². The normalized spacial score (nSPS) is 14.1. The second-order valence-corrected chi connectivity index (χ2v) is 6.74. The van der Waals surface area contributed by atoms with Gasteiger partial charge in [-0.05, 0) is 32.7 Å². The molecule has 4 nitrogen and oxygen atoms in total. The molecule has 1 N–H and O–H groups in total. The summed E-state index contributed by atoms with van der Waals surface area (Å²) in [6.45, 7) is 4.83. The standard InChI is InChI=1S/C13H22N2O2S2/c1-4-7-15-13(2,11(16)17-3)6-5-9-18-12-14-8-10-19-12/h8,10,15H,4-7,9H2,1-3H3. The zero-order chi connectivity index (χ0) is 14.1. The summed E-state index contributed by atoms with van der Waals surface area (Å²) in [5.41, 5.74) is -0.575. The van der Waals surface area contributed by atoms with E-state index in [0.717, 1.165) is 35.9 Å². The highest BCUT2D eigenvalue weighted by atomic mass is 32.2. The molecule has 1 aromatic rings. The second kappa shape index (κ2) is 8.55. The zero-order valence-electron chi connectivity index (χ0n) is 11.8. The molecule has 6 heteroatoms. The van der Waals surface area contributed by atoms with E-state index >= 15 is 0 Å². The Bertz CT molecular complexity index is 371. The van der Waals surface area contributed by atoms with Crippen LogP contribution in [0.2, 0.25) is 0 Å². The number of methoxy groups -OCH3 is 1. The number of aromatic nitrogens is 1. The number of hydrogen-bond acceptors (Lipinski definition) is 6. The van der Waals surface area contributed by atoms with Crippen molar-refractivity contribution in [2.45, 2.75) is 43.0 Å². The van der Waals surface area contributed by atoms with Crippen LogP contribution in [0.4, 0.5) is 0 Å². The van der Waals surface area contributed by atoms with Crippen LogP contribution in [0.25, 0.3) is 0 Å². The Kier molecular flexibility index (Phi) is 7.41. The summed E-state index contributed by atoms with van der Waals surface area (Å²) in [6, 6.07) is 0. The van der Waals surface area contributed by atoms with Gasteiger partial charge >= 0.3 is 5.97 Å². The van der Waals surface area contributed by atoms with Gasteiger partial charge in [-0.25, -0.2) is 4.98 Å². The number of hydrogen-bond donors (Lipinski definition) is 1. The van der Waals surface area contributed by atoms with Crippen molar-refractivity contribution < 1.29 is 9.53 Å². The number of thioether (sulfide) groups is 1. The van der Waals surface area contributed by atoms with Crippen LogP contribution < -0.4 is 5.32 Å². The van der Waals surface area contributed by atoms with Crippen LogP contribution in [0.1, 0.15) is 33.1 Å². The largest absolute Gasteiger partial charge is 0.468 e. The molecule has 0 aliphatic heterocycles. The van der Waals surface area contributed by atoms with Crippen molar-refractivity contribution in [1.29, 1.82) is 0 Å². The molecule has 0 aliphatic rings. The first-order valence-electron chi connectivity index (χ1n) is 6.48. The van der Waals surface area contributed by atoms with Crippen LogP contribution in [-0.4, -0.2) is 35.9 Å². The van der Waals surface area contributed by atoms with Crippen LogP contribution >= 0.6 is 23.1 Å². The predicted molar refractivity (Wildman–Crippen MR) is 80.8 cm³/mol. The summed E-state index contributed by atoms with van der Waals surface area (Å²) in [7, 11) is 1.44. The monoisotopic (exact) mass is 302 g/mol. The minimum atomic E-state index is -0.575. The van der Waals surface area contributed by atoms with Gasteiger partial charge in [0.25, 0.3) is 0 Å². The number of nitrogens with one attached hydrogen (secondary N) is 1. The fourth-order valence-corrected chi connectivity index (χ4v) is 3.40. The van der Waals surface area contributed by atoms with E-state index in [9.17, 15) is 4.79 Å².